The van der Waals surface area contributed by atoms with Crippen LogP contribution in [-0.4, -0.2) is 60.1 Å². The van der Waals surface area contributed by atoms with E-state index in [2.05, 4.69) is 31.9 Å². The minimum atomic E-state index is -0.0414. The molecule has 0 aliphatic carbocycles. The number of hydrogen-bond donors (Lipinski definition) is 1. The molecule has 0 bridgehead atoms. The van der Waals surface area contributed by atoms with E-state index in [1.807, 2.05) is 11.0 Å². The molecule has 3 heterocycles. The maximum atomic E-state index is 13.1. The molecule has 2 aliphatic rings. The zero-order valence-electron chi connectivity index (χ0n) is 16.6. The lowest BCUT2D eigenvalue weighted by atomic mass is 9.69. The second kappa shape index (κ2) is 6.95. The van der Waals surface area contributed by atoms with Gasteiger partial charge in [0.25, 0.3) is 0 Å². The van der Waals surface area contributed by atoms with Gasteiger partial charge in [-0.05, 0) is 63.9 Å². The Morgan fingerprint density at radius 1 is 1.30 bits per heavy atom. The maximum Gasteiger partial charge on any atom is 0.227 e. The fourth-order valence-corrected chi connectivity index (χ4v) is 5.27. The summed E-state index contributed by atoms with van der Waals surface area (Å²) in [6.45, 7) is 6.84. The van der Waals surface area contributed by atoms with E-state index in [9.17, 15) is 9.90 Å². The molecule has 27 heavy (non-hydrogen) atoms. The van der Waals surface area contributed by atoms with Gasteiger partial charge >= 0.3 is 0 Å². The van der Waals surface area contributed by atoms with E-state index < -0.39 is 0 Å². The third kappa shape index (κ3) is 3.17. The fraction of sp³-hybridized carbons (Fsp3) is 0.591. The van der Waals surface area contributed by atoms with Crippen LogP contribution < -0.4 is 0 Å². The number of nitrogens with zero attached hydrogens (tertiary/aromatic N) is 2. The molecule has 0 radical (unpaired) electrons. The number of fused-ring (bicyclic) bond motifs is 2. The Labute approximate surface area is 160 Å². The molecular weight excluding hydrogens is 340 g/mol. The Hall–Kier alpha value is -1.85. The number of hydrogen-bond acceptors (Lipinski definition) is 4. The van der Waals surface area contributed by atoms with Gasteiger partial charge in [0.2, 0.25) is 5.91 Å². The molecule has 1 aromatic carbocycles. The first kappa shape index (κ1) is 18.5. The monoisotopic (exact) mass is 370 g/mol. The summed E-state index contributed by atoms with van der Waals surface area (Å²) in [4.78, 5) is 17.4. The van der Waals surface area contributed by atoms with Gasteiger partial charge in [-0.3, -0.25) is 4.79 Å². The van der Waals surface area contributed by atoms with Crippen molar-refractivity contribution in [2.45, 2.75) is 45.6 Å². The molecule has 0 unspecified atom stereocenters. The number of carbonyl (C=O) groups excluding carboxylic acids is 1. The summed E-state index contributed by atoms with van der Waals surface area (Å²) in [5, 5.41) is 11.1. The number of likely N-dealkylation sites (tertiary alicyclic amines) is 2. The highest BCUT2D eigenvalue weighted by Gasteiger charge is 2.47. The highest BCUT2D eigenvalue weighted by atomic mass is 16.3. The van der Waals surface area contributed by atoms with Crippen molar-refractivity contribution in [3.63, 3.8) is 0 Å². The van der Waals surface area contributed by atoms with E-state index >= 15 is 0 Å². The third-order valence-electron chi connectivity index (χ3n) is 6.80. The lowest BCUT2D eigenvalue weighted by Gasteiger charge is -2.53. The van der Waals surface area contributed by atoms with Gasteiger partial charge in [0.05, 0.1) is 19.3 Å². The molecule has 146 valence electrons. The number of rotatable bonds is 3. The first-order valence-corrected chi connectivity index (χ1v) is 10.00. The SMILES string of the molecule is Cc1cc(C)c2c(CC(=O)N3CC[C@@]4(CO)CCCN(C)[C@@H]4C3)coc2c1. The van der Waals surface area contributed by atoms with Crippen LogP contribution in [0, 0.1) is 19.3 Å². The number of amides is 1. The van der Waals surface area contributed by atoms with Gasteiger partial charge in [0, 0.05) is 35.5 Å². The number of piperidine rings is 2. The van der Waals surface area contributed by atoms with Crippen molar-refractivity contribution in [3.8, 4) is 0 Å². The van der Waals surface area contributed by atoms with Gasteiger partial charge in [0.15, 0.2) is 0 Å². The van der Waals surface area contributed by atoms with Gasteiger partial charge in [-0.15, -0.1) is 0 Å². The molecule has 5 heteroatoms. The molecule has 2 aromatic rings. The average molecular weight is 370 g/mol. The van der Waals surface area contributed by atoms with Crippen LogP contribution in [0.5, 0.6) is 0 Å². The van der Waals surface area contributed by atoms with Crippen molar-refractivity contribution in [2.24, 2.45) is 5.41 Å². The molecular formula is C22H30N2O3. The number of likely N-dealkylation sites (N-methyl/N-ethyl adjacent to an activating group) is 1. The fourth-order valence-electron chi connectivity index (χ4n) is 5.27. The molecule has 2 aliphatic heterocycles. The van der Waals surface area contributed by atoms with Crippen molar-refractivity contribution in [2.75, 3.05) is 33.3 Å². The first-order chi connectivity index (χ1) is 12.9. The van der Waals surface area contributed by atoms with Crippen LogP contribution in [0.4, 0.5) is 0 Å². The Bertz CT molecular complexity index is 859. The number of aryl methyl sites for hydroxylation is 2. The van der Waals surface area contributed by atoms with Gasteiger partial charge in [0.1, 0.15) is 5.58 Å². The second-order valence-corrected chi connectivity index (χ2v) is 8.60. The molecule has 1 aromatic heterocycles. The van der Waals surface area contributed by atoms with Gasteiger partial charge in [-0.1, -0.05) is 6.07 Å². The van der Waals surface area contributed by atoms with Gasteiger partial charge in [-0.2, -0.15) is 0 Å². The van der Waals surface area contributed by atoms with Crippen LogP contribution in [0.25, 0.3) is 11.0 Å². The van der Waals surface area contributed by atoms with Crippen molar-refractivity contribution >= 4 is 16.9 Å². The molecule has 0 saturated carbocycles. The smallest absolute Gasteiger partial charge is 0.227 e. The predicted molar refractivity (Wildman–Crippen MR) is 106 cm³/mol. The average Bonchev–Trinajstić information content (AvgIpc) is 3.04. The molecule has 2 saturated heterocycles. The third-order valence-corrected chi connectivity index (χ3v) is 6.80. The highest BCUT2D eigenvalue weighted by molar-refractivity contribution is 5.90. The molecule has 4 rings (SSSR count). The van der Waals surface area contributed by atoms with Crippen LogP contribution in [0.1, 0.15) is 36.0 Å². The summed E-state index contributed by atoms with van der Waals surface area (Å²) in [5.41, 5.74) is 4.12. The Balaban J connectivity index is 1.53. The molecule has 1 amide bonds. The van der Waals surface area contributed by atoms with Gasteiger partial charge in [-0.25, -0.2) is 0 Å². The van der Waals surface area contributed by atoms with Crippen LogP contribution in [0.2, 0.25) is 0 Å². The standard InChI is InChI=1S/C22H30N2O3/c1-15-9-16(2)21-17(13-27-18(21)10-15)11-20(26)24-8-6-22(14-25)5-4-7-23(3)19(22)12-24/h9-10,13,19,25H,4-8,11-12,14H2,1-3H3/t19-,22-/m1/s1. The van der Waals surface area contributed by atoms with Crippen molar-refractivity contribution in [1.29, 1.82) is 0 Å². The summed E-state index contributed by atoms with van der Waals surface area (Å²) in [5.74, 6) is 0.156. The summed E-state index contributed by atoms with van der Waals surface area (Å²) >= 11 is 0. The molecule has 1 N–H and O–H groups in total. The Morgan fingerprint density at radius 3 is 2.89 bits per heavy atom. The zero-order chi connectivity index (χ0) is 19.2. The summed E-state index contributed by atoms with van der Waals surface area (Å²) in [6.07, 6.45) is 5.18. The van der Waals surface area contributed by atoms with E-state index in [4.69, 9.17) is 4.42 Å². The summed E-state index contributed by atoms with van der Waals surface area (Å²) in [7, 11) is 2.12. The number of aliphatic hydroxyl groups excluding tert-OH is 1. The summed E-state index contributed by atoms with van der Waals surface area (Å²) in [6, 6.07) is 4.42. The minimum Gasteiger partial charge on any atom is -0.464 e. The quantitative estimate of drug-likeness (QED) is 0.903. The lowest BCUT2D eigenvalue weighted by molar-refractivity contribution is -0.139. The molecule has 2 fully saturated rings. The van der Waals surface area contributed by atoms with Gasteiger partial charge < -0.3 is 19.3 Å². The Morgan fingerprint density at radius 2 is 2.11 bits per heavy atom. The van der Waals surface area contributed by atoms with Crippen molar-refractivity contribution < 1.29 is 14.3 Å². The van der Waals surface area contributed by atoms with Crippen LogP contribution in [-0.2, 0) is 11.2 Å². The lowest BCUT2D eigenvalue weighted by Crippen LogP contribution is -2.62. The predicted octanol–water partition coefficient (Wildman–Crippen LogP) is 2.90. The van der Waals surface area contributed by atoms with Crippen LogP contribution >= 0.6 is 0 Å². The molecule has 2 atom stereocenters. The molecule has 5 nitrogen and oxygen atoms in total. The van der Waals surface area contributed by atoms with Crippen molar-refractivity contribution in [1.82, 2.24) is 9.80 Å². The first-order valence-electron chi connectivity index (χ1n) is 10.00. The second-order valence-electron chi connectivity index (χ2n) is 8.60. The van der Waals surface area contributed by atoms with Crippen LogP contribution in [0.3, 0.4) is 0 Å². The largest absolute Gasteiger partial charge is 0.464 e. The number of benzene rings is 1. The van der Waals surface area contributed by atoms with E-state index in [-0.39, 0.29) is 24.0 Å². The number of carbonyl (C=O) groups is 1. The van der Waals surface area contributed by atoms with E-state index in [0.717, 1.165) is 54.4 Å². The van der Waals surface area contributed by atoms with E-state index in [1.54, 1.807) is 6.26 Å². The van der Waals surface area contributed by atoms with Crippen LogP contribution in [0.15, 0.2) is 22.8 Å². The van der Waals surface area contributed by atoms with Crippen molar-refractivity contribution in [3.05, 3.63) is 35.1 Å². The maximum absolute atomic E-state index is 13.1. The van der Waals surface area contributed by atoms with E-state index in [1.165, 1.54) is 5.56 Å². The van der Waals surface area contributed by atoms with E-state index in [0.29, 0.717) is 13.0 Å². The number of aliphatic hydroxyl groups is 1. The topological polar surface area (TPSA) is 56.9 Å². The zero-order valence-corrected chi connectivity index (χ0v) is 16.6. The normalized spacial score (nSPS) is 26.4. The highest BCUT2D eigenvalue weighted by Crippen LogP contribution is 2.41. The Kier molecular flexibility index (Phi) is 4.77. The minimum absolute atomic E-state index is 0.0414. The molecule has 0 spiro atoms. The number of furan rings is 1. The summed E-state index contributed by atoms with van der Waals surface area (Å²) < 4.78 is 5.72.